The number of likely N-dealkylation sites (tertiary alicyclic amines) is 1. The third kappa shape index (κ3) is 3.04. The van der Waals surface area contributed by atoms with Gasteiger partial charge in [0.1, 0.15) is 0 Å². The van der Waals surface area contributed by atoms with E-state index in [1.54, 1.807) is 0 Å². The zero-order chi connectivity index (χ0) is 14.8. The highest BCUT2D eigenvalue weighted by molar-refractivity contribution is 5.86. The van der Waals surface area contributed by atoms with Crippen LogP contribution >= 0.6 is 0 Å². The Hall–Kier alpha value is -1.35. The van der Waals surface area contributed by atoms with E-state index in [2.05, 4.69) is 38.1 Å². The standard InChI is InChI=1S/C17H26N2O/c1-4-10-17(3,18)16(20)19-12-15(11-13(19)2)14-8-6-5-7-9-14/h5-9,13,15H,4,10-12,18H2,1-3H3. The van der Waals surface area contributed by atoms with Crippen molar-refractivity contribution in [3.63, 3.8) is 0 Å². The van der Waals surface area contributed by atoms with Crippen LogP contribution in [0.25, 0.3) is 0 Å². The summed E-state index contributed by atoms with van der Waals surface area (Å²) in [6, 6.07) is 10.7. The summed E-state index contributed by atoms with van der Waals surface area (Å²) in [4.78, 5) is 14.6. The molecule has 0 radical (unpaired) electrons. The van der Waals surface area contributed by atoms with Crippen LogP contribution in [0.15, 0.2) is 30.3 Å². The highest BCUT2D eigenvalue weighted by Gasteiger charge is 2.39. The molecule has 2 N–H and O–H groups in total. The number of nitrogens with two attached hydrogens (primary N) is 1. The largest absolute Gasteiger partial charge is 0.338 e. The molecule has 1 fully saturated rings. The Bertz CT molecular complexity index is 455. The lowest BCUT2D eigenvalue weighted by Crippen LogP contribution is -2.54. The molecule has 3 unspecified atom stereocenters. The molecular formula is C17H26N2O. The molecule has 1 aromatic rings. The van der Waals surface area contributed by atoms with E-state index in [4.69, 9.17) is 5.73 Å². The van der Waals surface area contributed by atoms with Crippen LogP contribution in [0.1, 0.15) is 51.5 Å². The summed E-state index contributed by atoms with van der Waals surface area (Å²) in [5.74, 6) is 0.540. The number of benzene rings is 1. The Morgan fingerprint density at radius 3 is 2.65 bits per heavy atom. The van der Waals surface area contributed by atoms with Crippen molar-refractivity contribution in [1.29, 1.82) is 0 Å². The first-order valence-electron chi connectivity index (χ1n) is 7.60. The number of hydrogen-bond donors (Lipinski definition) is 1. The van der Waals surface area contributed by atoms with Crippen molar-refractivity contribution in [3.05, 3.63) is 35.9 Å². The van der Waals surface area contributed by atoms with Crippen molar-refractivity contribution in [2.45, 2.75) is 57.5 Å². The van der Waals surface area contributed by atoms with Crippen LogP contribution < -0.4 is 5.73 Å². The highest BCUT2D eigenvalue weighted by atomic mass is 16.2. The molecule has 3 nitrogen and oxygen atoms in total. The molecule has 1 amide bonds. The predicted molar refractivity (Wildman–Crippen MR) is 82.5 cm³/mol. The lowest BCUT2D eigenvalue weighted by Gasteiger charge is -2.31. The molecule has 1 aliphatic rings. The van der Waals surface area contributed by atoms with Gasteiger partial charge in [-0.05, 0) is 32.3 Å². The second kappa shape index (κ2) is 5.96. The van der Waals surface area contributed by atoms with Crippen LogP contribution in [-0.4, -0.2) is 28.9 Å². The number of nitrogens with zero attached hydrogens (tertiary/aromatic N) is 1. The quantitative estimate of drug-likeness (QED) is 0.917. The van der Waals surface area contributed by atoms with E-state index in [-0.39, 0.29) is 11.9 Å². The van der Waals surface area contributed by atoms with Gasteiger partial charge in [0.2, 0.25) is 5.91 Å². The van der Waals surface area contributed by atoms with E-state index >= 15 is 0 Å². The minimum atomic E-state index is -0.728. The smallest absolute Gasteiger partial charge is 0.242 e. The molecule has 0 aliphatic carbocycles. The molecule has 1 aliphatic heterocycles. The third-order valence-corrected chi connectivity index (χ3v) is 4.36. The molecule has 1 heterocycles. The summed E-state index contributed by atoms with van der Waals surface area (Å²) < 4.78 is 0. The van der Waals surface area contributed by atoms with E-state index in [0.29, 0.717) is 5.92 Å². The van der Waals surface area contributed by atoms with Gasteiger partial charge in [-0.15, -0.1) is 0 Å². The first-order valence-corrected chi connectivity index (χ1v) is 7.60. The number of rotatable bonds is 4. The van der Waals surface area contributed by atoms with Gasteiger partial charge in [-0.3, -0.25) is 4.79 Å². The van der Waals surface area contributed by atoms with E-state index in [1.165, 1.54) is 5.56 Å². The molecule has 20 heavy (non-hydrogen) atoms. The summed E-state index contributed by atoms with van der Waals surface area (Å²) in [6.07, 6.45) is 2.70. The fourth-order valence-corrected chi connectivity index (χ4v) is 3.24. The summed E-state index contributed by atoms with van der Waals surface area (Å²) in [5, 5.41) is 0. The van der Waals surface area contributed by atoms with Crippen molar-refractivity contribution in [2.75, 3.05) is 6.54 Å². The third-order valence-electron chi connectivity index (χ3n) is 4.36. The number of hydrogen-bond acceptors (Lipinski definition) is 2. The summed E-state index contributed by atoms with van der Waals surface area (Å²) in [6.45, 7) is 6.85. The Morgan fingerprint density at radius 2 is 2.05 bits per heavy atom. The molecule has 2 rings (SSSR count). The second-order valence-electron chi connectivity index (χ2n) is 6.32. The van der Waals surface area contributed by atoms with Gasteiger partial charge < -0.3 is 10.6 Å². The van der Waals surface area contributed by atoms with Crippen molar-refractivity contribution in [2.24, 2.45) is 5.73 Å². The van der Waals surface area contributed by atoms with Gasteiger partial charge in [0.05, 0.1) is 5.54 Å². The Balaban J connectivity index is 2.10. The van der Waals surface area contributed by atoms with E-state index < -0.39 is 5.54 Å². The lowest BCUT2D eigenvalue weighted by atomic mass is 9.95. The maximum atomic E-state index is 12.6. The topological polar surface area (TPSA) is 46.3 Å². The molecule has 3 heteroatoms. The van der Waals surface area contributed by atoms with Gasteiger partial charge >= 0.3 is 0 Å². The average molecular weight is 274 g/mol. The lowest BCUT2D eigenvalue weighted by molar-refractivity contribution is -0.137. The molecule has 0 spiro atoms. The minimum Gasteiger partial charge on any atom is -0.338 e. The zero-order valence-electron chi connectivity index (χ0n) is 12.8. The average Bonchev–Trinajstić information content (AvgIpc) is 2.81. The van der Waals surface area contributed by atoms with Crippen LogP contribution in [-0.2, 0) is 4.79 Å². The van der Waals surface area contributed by atoms with Gasteiger partial charge in [-0.25, -0.2) is 0 Å². The van der Waals surface area contributed by atoms with Crippen LogP contribution in [0.5, 0.6) is 0 Å². The van der Waals surface area contributed by atoms with Gasteiger partial charge in [0.25, 0.3) is 0 Å². The summed E-state index contributed by atoms with van der Waals surface area (Å²) >= 11 is 0. The fraction of sp³-hybridized carbons (Fsp3) is 0.588. The Labute approximate surface area is 122 Å². The van der Waals surface area contributed by atoms with Gasteiger partial charge in [0, 0.05) is 18.5 Å². The first-order chi connectivity index (χ1) is 9.45. The second-order valence-corrected chi connectivity index (χ2v) is 6.32. The minimum absolute atomic E-state index is 0.102. The SMILES string of the molecule is CCCC(C)(N)C(=O)N1CC(c2ccccc2)CC1C. The Kier molecular flexibility index (Phi) is 4.48. The maximum absolute atomic E-state index is 12.6. The van der Waals surface area contributed by atoms with Gasteiger partial charge in [-0.2, -0.15) is 0 Å². The molecule has 3 atom stereocenters. The maximum Gasteiger partial charge on any atom is 0.242 e. The predicted octanol–water partition coefficient (Wildman–Crippen LogP) is 2.91. The molecule has 0 aromatic heterocycles. The van der Waals surface area contributed by atoms with Crippen molar-refractivity contribution >= 4 is 5.91 Å². The molecule has 1 aromatic carbocycles. The van der Waals surface area contributed by atoms with Crippen LogP contribution in [0.3, 0.4) is 0 Å². The highest BCUT2D eigenvalue weighted by Crippen LogP contribution is 2.33. The van der Waals surface area contributed by atoms with E-state index in [0.717, 1.165) is 25.8 Å². The summed E-state index contributed by atoms with van der Waals surface area (Å²) in [5.41, 5.74) is 6.80. The Morgan fingerprint density at radius 1 is 1.40 bits per heavy atom. The van der Waals surface area contributed by atoms with Crippen molar-refractivity contribution < 1.29 is 4.79 Å². The molecule has 0 saturated carbocycles. The normalized spacial score (nSPS) is 25.5. The number of amides is 1. The van der Waals surface area contributed by atoms with Crippen LogP contribution in [0, 0.1) is 0 Å². The van der Waals surface area contributed by atoms with Crippen molar-refractivity contribution in [1.82, 2.24) is 4.90 Å². The van der Waals surface area contributed by atoms with Crippen LogP contribution in [0.4, 0.5) is 0 Å². The zero-order valence-corrected chi connectivity index (χ0v) is 12.8. The molecule has 0 bridgehead atoms. The van der Waals surface area contributed by atoms with Crippen LogP contribution in [0.2, 0.25) is 0 Å². The number of carbonyl (C=O) groups excluding carboxylic acids is 1. The van der Waals surface area contributed by atoms with E-state index in [1.807, 2.05) is 17.9 Å². The fourth-order valence-electron chi connectivity index (χ4n) is 3.24. The molecule has 1 saturated heterocycles. The number of carbonyl (C=O) groups is 1. The monoisotopic (exact) mass is 274 g/mol. The van der Waals surface area contributed by atoms with Gasteiger partial charge in [0.15, 0.2) is 0 Å². The molecular weight excluding hydrogens is 248 g/mol. The van der Waals surface area contributed by atoms with Crippen molar-refractivity contribution in [3.8, 4) is 0 Å². The summed E-state index contributed by atoms with van der Waals surface area (Å²) in [7, 11) is 0. The first kappa shape index (κ1) is 15.0. The molecule has 110 valence electrons. The van der Waals surface area contributed by atoms with E-state index in [9.17, 15) is 4.79 Å². The van der Waals surface area contributed by atoms with Gasteiger partial charge in [-0.1, -0.05) is 43.7 Å².